The average Bonchev–Trinajstić information content (AvgIpc) is 2.50. The van der Waals surface area contributed by atoms with Crippen molar-refractivity contribution in [3.8, 4) is 0 Å². The van der Waals surface area contributed by atoms with Crippen LogP contribution in [-0.2, 0) is 22.5 Å². The number of carbonyl (C=O) groups excluding carboxylic acids is 1. The summed E-state index contributed by atoms with van der Waals surface area (Å²) >= 11 is 0. The highest BCUT2D eigenvalue weighted by molar-refractivity contribution is 5.69. The lowest BCUT2D eigenvalue weighted by molar-refractivity contribution is -0.141. The highest BCUT2D eigenvalue weighted by atomic mass is 19.1. The summed E-state index contributed by atoms with van der Waals surface area (Å²) in [6, 6.07) is 7.75. The highest BCUT2D eigenvalue weighted by Gasteiger charge is 2.13. The largest absolute Gasteiger partial charge is 0.468 e. The molecule has 0 amide bonds. The first-order valence-corrected chi connectivity index (χ1v) is 6.72. The molecule has 1 aromatic carbocycles. The molecule has 0 radical (unpaired) electrons. The van der Waals surface area contributed by atoms with Crippen LogP contribution >= 0.6 is 0 Å². The number of halogens is 1. The number of nitrogens with zero attached hydrogens (tertiary/aromatic N) is 1. The molecule has 116 valence electrons. The van der Waals surface area contributed by atoms with Gasteiger partial charge in [0, 0.05) is 5.69 Å². The molecule has 1 aromatic heterocycles. The summed E-state index contributed by atoms with van der Waals surface area (Å²) in [7, 11) is 1.26. The van der Waals surface area contributed by atoms with Gasteiger partial charge in [-0.1, -0.05) is 12.1 Å². The number of hydrogen-bond donors (Lipinski definition) is 1. The first-order valence-electron chi connectivity index (χ1n) is 6.72. The molecule has 0 spiro atoms. The molecule has 0 aliphatic rings. The van der Waals surface area contributed by atoms with Gasteiger partial charge in [0.2, 0.25) is 0 Å². The van der Waals surface area contributed by atoms with Crippen LogP contribution in [0.15, 0.2) is 35.1 Å². The number of aryl methyl sites for hydroxylation is 1. The summed E-state index contributed by atoms with van der Waals surface area (Å²) in [5, 5.41) is 0. The van der Waals surface area contributed by atoms with Crippen LogP contribution in [0.5, 0.6) is 0 Å². The van der Waals surface area contributed by atoms with Crippen LogP contribution < -0.4 is 11.3 Å². The summed E-state index contributed by atoms with van der Waals surface area (Å²) < 4.78 is 18.8. The maximum absolute atomic E-state index is 12.9. The monoisotopic (exact) mass is 304 g/mol. The Morgan fingerprint density at radius 1 is 1.32 bits per heavy atom. The van der Waals surface area contributed by atoms with E-state index in [1.807, 2.05) is 0 Å². The summed E-state index contributed by atoms with van der Waals surface area (Å²) in [5.41, 5.74) is 7.65. The van der Waals surface area contributed by atoms with Crippen molar-refractivity contribution >= 4 is 11.7 Å². The van der Waals surface area contributed by atoms with Gasteiger partial charge in [-0.25, -0.2) is 4.39 Å². The number of nitrogens with two attached hydrogens (primary N) is 1. The van der Waals surface area contributed by atoms with Crippen molar-refractivity contribution in [2.24, 2.45) is 0 Å². The van der Waals surface area contributed by atoms with E-state index in [1.54, 1.807) is 25.1 Å². The lowest BCUT2D eigenvalue weighted by Crippen LogP contribution is -2.29. The molecule has 2 rings (SSSR count). The maximum Gasteiger partial charge on any atom is 0.325 e. The van der Waals surface area contributed by atoms with Gasteiger partial charge >= 0.3 is 5.97 Å². The first-order chi connectivity index (χ1) is 10.4. The van der Waals surface area contributed by atoms with Crippen LogP contribution in [0.25, 0.3) is 0 Å². The van der Waals surface area contributed by atoms with Crippen LogP contribution in [0, 0.1) is 12.7 Å². The number of nitrogen functional groups attached to an aromatic ring is 1. The van der Waals surface area contributed by atoms with Gasteiger partial charge in [0.15, 0.2) is 0 Å². The smallest absolute Gasteiger partial charge is 0.325 e. The van der Waals surface area contributed by atoms with E-state index in [1.165, 1.54) is 23.8 Å². The molecule has 0 atom stereocenters. The molecule has 0 fully saturated rings. The van der Waals surface area contributed by atoms with Gasteiger partial charge < -0.3 is 10.5 Å². The molecule has 1 heterocycles. The van der Waals surface area contributed by atoms with Crippen molar-refractivity contribution < 1.29 is 13.9 Å². The molecule has 0 aliphatic carbocycles. The molecular formula is C16H17FN2O3. The predicted octanol–water partition coefficient (Wildman–Crippen LogP) is 1.64. The molecule has 0 saturated heterocycles. The van der Waals surface area contributed by atoms with E-state index in [4.69, 9.17) is 5.73 Å². The predicted molar refractivity (Wildman–Crippen MR) is 81.1 cm³/mol. The summed E-state index contributed by atoms with van der Waals surface area (Å²) in [4.78, 5) is 23.6. The van der Waals surface area contributed by atoms with Gasteiger partial charge in [-0.05, 0) is 42.7 Å². The Morgan fingerprint density at radius 2 is 1.95 bits per heavy atom. The molecular weight excluding hydrogens is 287 g/mol. The molecule has 0 aliphatic heterocycles. The Hall–Kier alpha value is -2.63. The standard InChI is InChI=1S/C16H17FN2O3/c1-10-7-12(8-11-3-5-13(17)6-4-11)15(18)16(21)19(10)9-14(20)22-2/h3-7H,8-9,18H2,1-2H3. The second-order valence-corrected chi connectivity index (χ2v) is 5.00. The number of anilines is 1. The normalized spacial score (nSPS) is 10.5. The summed E-state index contributed by atoms with van der Waals surface area (Å²) in [6.45, 7) is 1.54. The Balaban J connectivity index is 2.36. The Kier molecular flexibility index (Phi) is 4.60. The van der Waals surface area contributed by atoms with E-state index in [9.17, 15) is 14.0 Å². The molecule has 2 aromatic rings. The maximum atomic E-state index is 12.9. The second kappa shape index (κ2) is 6.43. The summed E-state index contributed by atoms with van der Waals surface area (Å²) in [6.07, 6.45) is 0.418. The third-order valence-corrected chi connectivity index (χ3v) is 3.45. The van der Waals surface area contributed by atoms with Gasteiger partial charge in [0.25, 0.3) is 5.56 Å². The van der Waals surface area contributed by atoms with Crippen molar-refractivity contribution in [3.63, 3.8) is 0 Å². The van der Waals surface area contributed by atoms with Crippen molar-refractivity contribution in [1.82, 2.24) is 4.57 Å². The number of pyridine rings is 1. The molecule has 0 unspecified atom stereocenters. The number of rotatable bonds is 4. The van der Waals surface area contributed by atoms with Crippen molar-refractivity contribution in [1.29, 1.82) is 0 Å². The van der Waals surface area contributed by atoms with Crippen LogP contribution in [0.2, 0.25) is 0 Å². The van der Waals surface area contributed by atoms with Gasteiger partial charge in [-0.3, -0.25) is 14.2 Å². The molecule has 22 heavy (non-hydrogen) atoms. The zero-order chi connectivity index (χ0) is 16.3. The van der Waals surface area contributed by atoms with Crippen molar-refractivity contribution in [2.45, 2.75) is 19.9 Å². The lowest BCUT2D eigenvalue weighted by atomic mass is 10.0. The molecule has 0 bridgehead atoms. The van der Waals surface area contributed by atoms with Crippen LogP contribution in [0.4, 0.5) is 10.1 Å². The molecule has 2 N–H and O–H groups in total. The van der Waals surface area contributed by atoms with Crippen molar-refractivity contribution in [3.05, 3.63) is 63.3 Å². The minimum atomic E-state index is -0.518. The number of methoxy groups -OCH3 is 1. The van der Waals surface area contributed by atoms with Gasteiger partial charge in [-0.2, -0.15) is 0 Å². The van der Waals surface area contributed by atoms with Crippen molar-refractivity contribution in [2.75, 3.05) is 12.8 Å². The average molecular weight is 304 g/mol. The number of hydrogen-bond acceptors (Lipinski definition) is 4. The molecule has 0 saturated carbocycles. The lowest BCUT2D eigenvalue weighted by Gasteiger charge is -2.13. The third kappa shape index (κ3) is 3.33. The van der Waals surface area contributed by atoms with Gasteiger partial charge in [0.1, 0.15) is 18.0 Å². The quantitative estimate of drug-likeness (QED) is 0.871. The Labute approximate surface area is 127 Å². The first kappa shape index (κ1) is 15.8. The number of ether oxygens (including phenoxy) is 1. The van der Waals surface area contributed by atoms with E-state index in [2.05, 4.69) is 4.74 Å². The van der Waals surface area contributed by atoms with Crippen LogP contribution in [0.3, 0.4) is 0 Å². The number of carbonyl (C=O) groups is 1. The van der Waals surface area contributed by atoms with E-state index in [0.717, 1.165) is 5.56 Å². The zero-order valence-corrected chi connectivity index (χ0v) is 12.4. The zero-order valence-electron chi connectivity index (χ0n) is 12.4. The molecule has 5 nitrogen and oxygen atoms in total. The van der Waals surface area contributed by atoms with Crippen LogP contribution in [-0.4, -0.2) is 17.6 Å². The second-order valence-electron chi connectivity index (χ2n) is 5.00. The Morgan fingerprint density at radius 3 is 2.55 bits per heavy atom. The number of esters is 1. The van der Waals surface area contributed by atoms with Crippen LogP contribution in [0.1, 0.15) is 16.8 Å². The van der Waals surface area contributed by atoms with E-state index >= 15 is 0 Å². The fourth-order valence-corrected chi connectivity index (χ4v) is 2.21. The Bertz CT molecular complexity index is 751. The minimum Gasteiger partial charge on any atom is -0.468 e. The summed E-state index contributed by atoms with van der Waals surface area (Å²) in [5.74, 6) is -0.836. The topological polar surface area (TPSA) is 74.3 Å². The molecule has 6 heteroatoms. The number of aromatic nitrogens is 1. The number of benzene rings is 1. The van der Waals surface area contributed by atoms with Gasteiger partial charge in [0.05, 0.1) is 7.11 Å². The van der Waals surface area contributed by atoms with Gasteiger partial charge in [-0.15, -0.1) is 0 Å². The fourth-order valence-electron chi connectivity index (χ4n) is 2.21. The van der Waals surface area contributed by atoms with E-state index in [-0.39, 0.29) is 18.0 Å². The minimum absolute atomic E-state index is 0.0822. The third-order valence-electron chi connectivity index (χ3n) is 3.45. The highest BCUT2D eigenvalue weighted by Crippen LogP contribution is 2.15. The van der Waals surface area contributed by atoms with E-state index in [0.29, 0.717) is 17.7 Å². The fraction of sp³-hybridized carbons (Fsp3) is 0.250. The SMILES string of the molecule is COC(=O)Cn1c(C)cc(Cc2ccc(F)cc2)c(N)c1=O. The van der Waals surface area contributed by atoms with E-state index < -0.39 is 11.5 Å².